The summed E-state index contributed by atoms with van der Waals surface area (Å²) >= 11 is 0. The highest BCUT2D eigenvalue weighted by atomic mass is 16.5. The largest absolute Gasteiger partial charge is 0.450 e. The summed E-state index contributed by atoms with van der Waals surface area (Å²) in [6.07, 6.45) is 0. The minimum absolute atomic E-state index is 0.153. The van der Waals surface area contributed by atoms with E-state index in [1.807, 2.05) is 47.4 Å². The van der Waals surface area contributed by atoms with Crippen molar-refractivity contribution in [2.75, 3.05) is 4.90 Å². The zero-order chi connectivity index (χ0) is 24.6. The molecule has 3 aliphatic rings. The van der Waals surface area contributed by atoms with Gasteiger partial charge in [-0.1, -0.05) is 47.9 Å². The summed E-state index contributed by atoms with van der Waals surface area (Å²) in [5, 5.41) is 39.6. The van der Waals surface area contributed by atoms with E-state index in [0.717, 1.165) is 16.4 Å². The molecule has 0 amide bonds. The molecular weight excluding hydrogens is 449 g/mol. The molecule has 0 saturated carbocycles. The summed E-state index contributed by atoms with van der Waals surface area (Å²) < 4.78 is 12.6. The predicted molar refractivity (Wildman–Crippen MR) is 131 cm³/mol. The van der Waals surface area contributed by atoms with E-state index in [1.54, 1.807) is 12.1 Å². The fraction of sp³-hybridized carbons (Fsp3) is 0. The lowest BCUT2D eigenvalue weighted by Crippen LogP contribution is -2.58. The summed E-state index contributed by atoms with van der Waals surface area (Å²) in [6, 6.07) is 27.3. The van der Waals surface area contributed by atoms with Crippen LogP contribution in [0.1, 0.15) is 22.3 Å². The van der Waals surface area contributed by atoms with Crippen LogP contribution in [0.2, 0.25) is 0 Å². The van der Waals surface area contributed by atoms with Crippen molar-refractivity contribution in [1.29, 1.82) is 21.0 Å². The number of hydrogen-bond donors (Lipinski definition) is 0. The van der Waals surface area contributed by atoms with Gasteiger partial charge in [-0.2, -0.15) is 21.0 Å². The molecular formula is C28H10BN5O2. The van der Waals surface area contributed by atoms with Gasteiger partial charge in [0.15, 0.2) is 23.0 Å². The van der Waals surface area contributed by atoms with Gasteiger partial charge in [-0.05, 0) is 29.1 Å². The van der Waals surface area contributed by atoms with Gasteiger partial charge in [0.05, 0.1) is 33.6 Å². The van der Waals surface area contributed by atoms with E-state index < -0.39 is 0 Å². The van der Waals surface area contributed by atoms with Crippen molar-refractivity contribution in [1.82, 2.24) is 0 Å². The first kappa shape index (κ1) is 19.7. The topological polar surface area (TPSA) is 117 Å². The Morgan fingerprint density at radius 2 is 1.03 bits per heavy atom. The van der Waals surface area contributed by atoms with E-state index in [0.29, 0.717) is 39.7 Å². The Balaban J connectivity index is 1.69. The highest BCUT2D eigenvalue weighted by Gasteiger charge is 2.47. The third kappa shape index (κ3) is 2.28. The first-order valence-corrected chi connectivity index (χ1v) is 11.1. The van der Waals surface area contributed by atoms with Gasteiger partial charge in [-0.15, -0.1) is 0 Å². The Labute approximate surface area is 205 Å². The number of rotatable bonds is 1. The van der Waals surface area contributed by atoms with E-state index in [9.17, 15) is 21.0 Å². The molecule has 7 rings (SSSR count). The van der Waals surface area contributed by atoms with Crippen LogP contribution in [0.15, 0.2) is 60.7 Å². The number of anilines is 3. The summed E-state index contributed by atoms with van der Waals surface area (Å²) in [4.78, 5) is 1.90. The fourth-order valence-electron chi connectivity index (χ4n) is 5.40. The van der Waals surface area contributed by atoms with Crippen molar-refractivity contribution < 1.29 is 9.47 Å². The minimum atomic E-state index is -0.227. The van der Waals surface area contributed by atoms with Gasteiger partial charge in [-0.3, -0.25) is 4.90 Å². The number of hydrogen-bond acceptors (Lipinski definition) is 7. The number of nitriles is 4. The number of benzene rings is 4. The third-order valence-electron chi connectivity index (χ3n) is 6.85. The molecule has 0 atom stereocenters. The lowest BCUT2D eigenvalue weighted by molar-refractivity contribution is 0.443. The first-order valence-electron chi connectivity index (χ1n) is 11.1. The van der Waals surface area contributed by atoms with Crippen molar-refractivity contribution in [3.05, 3.63) is 82.9 Å². The van der Waals surface area contributed by atoms with Crippen LogP contribution < -0.4 is 30.8 Å². The molecule has 4 aromatic carbocycles. The van der Waals surface area contributed by atoms with Gasteiger partial charge in [0.2, 0.25) is 6.71 Å². The molecule has 3 aliphatic heterocycles. The molecule has 0 radical (unpaired) electrons. The molecule has 0 aliphatic carbocycles. The van der Waals surface area contributed by atoms with Crippen molar-refractivity contribution >= 4 is 40.2 Å². The Hall–Kier alpha value is -5.70. The van der Waals surface area contributed by atoms with Gasteiger partial charge in [0.1, 0.15) is 30.0 Å². The Morgan fingerprint density at radius 3 is 1.50 bits per heavy atom. The van der Waals surface area contributed by atoms with Crippen LogP contribution in [0.25, 0.3) is 0 Å². The van der Waals surface area contributed by atoms with Crippen molar-refractivity contribution in [3.63, 3.8) is 0 Å². The number of nitrogens with zero attached hydrogens (tertiary/aromatic N) is 5. The molecule has 0 spiro atoms. The highest BCUT2D eigenvalue weighted by Crippen LogP contribution is 2.62. The second-order valence-corrected chi connectivity index (χ2v) is 8.57. The molecule has 0 unspecified atom stereocenters. The molecule has 0 aromatic heterocycles. The van der Waals surface area contributed by atoms with Crippen LogP contribution in [-0.4, -0.2) is 6.71 Å². The zero-order valence-corrected chi connectivity index (χ0v) is 18.4. The van der Waals surface area contributed by atoms with Gasteiger partial charge < -0.3 is 9.47 Å². The van der Waals surface area contributed by atoms with Crippen LogP contribution in [-0.2, 0) is 0 Å². The minimum Gasteiger partial charge on any atom is -0.450 e. The molecule has 0 bridgehead atoms. The lowest BCUT2D eigenvalue weighted by Gasteiger charge is -2.44. The molecule has 7 nitrogen and oxygen atoms in total. The van der Waals surface area contributed by atoms with Gasteiger partial charge in [-0.25, -0.2) is 0 Å². The second kappa shape index (κ2) is 6.91. The molecule has 3 heterocycles. The maximum absolute atomic E-state index is 9.92. The van der Waals surface area contributed by atoms with Crippen LogP contribution >= 0.6 is 0 Å². The molecule has 162 valence electrons. The van der Waals surface area contributed by atoms with Crippen molar-refractivity contribution in [3.8, 4) is 47.3 Å². The van der Waals surface area contributed by atoms with Gasteiger partial charge in [0, 0.05) is 0 Å². The molecule has 0 N–H and O–H groups in total. The fourth-order valence-corrected chi connectivity index (χ4v) is 5.40. The monoisotopic (exact) mass is 459 g/mol. The first-order chi connectivity index (χ1) is 17.7. The Bertz CT molecular complexity index is 1740. The van der Waals surface area contributed by atoms with E-state index in [4.69, 9.17) is 9.47 Å². The molecule has 0 fully saturated rings. The van der Waals surface area contributed by atoms with Gasteiger partial charge >= 0.3 is 0 Å². The summed E-state index contributed by atoms with van der Waals surface area (Å²) in [6.45, 7) is -0.227. The zero-order valence-electron chi connectivity index (χ0n) is 18.4. The quantitative estimate of drug-likeness (QED) is 0.344. The standard InChI is InChI=1S/C28H10BN5O2/c30-11-15-6-8-20-22-25(15)35-27-17(13-32)10-18(14-33)28-24(27)34(22)23-21(9-7-16(12-31)26(23)36-28)29(20)19-4-2-1-3-5-19/h1-10H. The maximum Gasteiger partial charge on any atom is 0.247 e. The van der Waals surface area contributed by atoms with E-state index in [-0.39, 0.29) is 29.3 Å². The molecule has 36 heavy (non-hydrogen) atoms. The van der Waals surface area contributed by atoms with Crippen LogP contribution in [0, 0.1) is 45.3 Å². The molecule has 4 aromatic rings. The lowest BCUT2D eigenvalue weighted by atomic mass is 9.35. The van der Waals surface area contributed by atoms with E-state index >= 15 is 0 Å². The molecule has 0 saturated heterocycles. The SMILES string of the molecule is N#Cc1ccc2c3c1Oc1c(C#N)cc(C#N)c4c1N3c1c(ccc(C#N)c1O4)B2c1ccccc1. The van der Waals surface area contributed by atoms with Crippen molar-refractivity contribution in [2.24, 2.45) is 0 Å². The third-order valence-corrected chi connectivity index (χ3v) is 6.85. The summed E-state index contributed by atoms with van der Waals surface area (Å²) in [5.74, 6) is 1.09. The molecule has 8 heteroatoms. The van der Waals surface area contributed by atoms with Crippen LogP contribution in [0.5, 0.6) is 23.0 Å². The van der Waals surface area contributed by atoms with Gasteiger partial charge in [0.25, 0.3) is 0 Å². The average molecular weight is 459 g/mol. The Morgan fingerprint density at radius 1 is 0.556 bits per heavy atom. The maximum atomic E-state index is 9.92. The van der Waals surface area contributed by atoms with E-state index in [1.165, 1.54) is 6.07 Å². The highest BCUT2D eigenvalue weighted by molar-refractivity contribution is 6.98. The average Bonchev–Trinajstić information content (AvgIpc) is 2.93. The predicted octanol–water partition coefficient (Wildman–Crippen LogP) is 3.68. The number of ether oxygens (including phenoxy) is 2. The summed E-state index contributed by atoms with van der Waals surface area (Å²) in [7, 11) is 0. The van der Waals surface area contributed by atoms with Crippen LogP contribution in [0.4, 0.5) is 17.1 Å². The smallest absolute Gasteiger partial charge is 0.247 e. The normalized spacial score (nSPS) is 12.7. The van der Waals surface area contributed by atoms with E-state index in [2.05, 4.69) is 24.3 Å². The summed E-state index contributed by atoms with van der Waals surface area (Å²) in [5.41, 5.74) is 5.46. The second-order valence-electron chi connectivity index (χ2n) is 8.57. The Kier molecular flexibility index (Phi) is 3.79. The van der Waals surface area contributed by atoms with Crippen LogP contribution in [0.3, 0.4) is 0 Å². The van der Waals surface area contributed by atoms with Crippen molar-refractivity contribution in [2.45, 2.75) is 0 Å².